The zero-order chi connectivity index (χ0) is 14.5. The number of aromatic nitrogens is 4. The number of nitrogens with one attached hydrogen (secondary N) is 1. The van der Waals surface area contributed by atoms with E-state index >= 15 is 0 Å². The molecule has 102 valence electrons. The van der Waals surface area contributed by atoms with E-state index in [0.29, 0.717) is 0 Å². The van der Waals surface area contributed by atoms with Gasteiger partial charge in [0.2, 0.25) is 0 Å². The van der Waals surface area contributed by atoms with Gasteiger partial charge < -0.3 is 4.98 Å². The van der Waals surface area contributed by atoms with Crippen molar-refractivity contribution in [3.8, 4) is 0 Å². The van der Waals surface area contributed by atoms with E-state index in [4.69, 9.17) is 0 Å². The molecule has 1 aromatic carbocycles. The summed E-state index contributed by atoms with van der Waals surface area (Å²) in [4.78, 5) is 25.1. The van der Waals surface area contributed by atoms with Gasteiger partial charge in [-0.05, 0) is 30.3 Å². The first kappa shape index (κ1) is 12.9. The van der Waals surface area contributed by atoms with Crippen LogP contribution in [-0.4, -0.2) is 19.9 Å². The zero-order valence-corrected chi connectivity index (χ0v) is 11.1. The molecule has 4 rings (SSSR count). The average molecular weight is 276 g/mol. The minimum absolute atomic E-state index is 0.302. The summed E-state index contributed by atoms with van der Waals surface area (Å²) in [5.41, 5.74) is 1.33. The number of hydrogen-bond donors (Lipinski definition) is 1. The monoisotopic (exact) mass is 276 g/mol. The number of para-hydroxylation sites is 1. The maximum absolute atomic E-state index is 10.7. The SMILES string of the molecule is O=c1ncc2ccccc2[nH]1.c1cnc2ncccc2c1. The highest BCUT2D eigenvalue weighted by atomic mass is 16.1. The minimum atomic E-state index is -0.302. The molecule has 0 fully saturated rings. The van der Waals surface area contributed by atoms with Crippen molar-refractivity contribution in [3.05, 3.63) is 77.6 Å². The third kappa shape index (κ3) is 3.09. The highest BCUT2D eigenvalue weighted by Crippen LogP contribution is 2.05. The first-order valence-corrected chi connectivity index (χ1v) is 6.43. The summed E-state index contributed by atoms with van der Waals surface area (Å²) in [5.74, 6) is 0. The van der Waals surface area contributed by atoms with Gasteiger partial charge in [0, 0.05) is 29.4 Å². The van der Waals surface area contributed by atoms with E-state index in [2.05, 4.69) is 19.9 Å². The standard InChI is InChI=1S/C8H6N2O.C8H6N2/c11-8-9-5-6-3-1-2-4-7(6)10-8;1-3-7-4-2-6-10-8(7)9-5-1/h1-5H,(H,9,10,11);1-6H. The average Bonchev–Trinajstić information content (AvgIpc) is 2.55. The van der Waals surface area contributed by atoms with Gasteiger partial charge in [-0.2, -0.15) is 0 Å². The number of H-pyrrole nitrogens is 1. The van der Waals surface area contributed by atoms with Crippen LogP contribution in [0.5, 0.6) is 0 Å². The van der Waals surface area contributed by atoms with Crippen LogP contribution in [-0.2, 0) is 0 Å². The van der Waals surface area contributed by atoms with Gasteiger partial charge in [-0.25, -0.2) is 19.7 Å². The van der Waals surface area contributed by atoms with Gasteiger partial charge in [-0.15, -0.1) is 0 Å². The fourth-order valence-electron chi connectivity index (χ4n) is 1.91. The van der Waals surface area contributed by atoms with E-state index in [-0.39, 0.29) is 5.69 Å². The molecular weight excluding hydrogens is 264 g/mol. The second kappa shape index (κ2) is 5.92. The Balaban J connectivity index is 0.000000126. The number of fused-ring (bicyclic) bond motifs is 2. The van der Waals surface area contributed by atoms with Gasteiger partial charge in [-0.3, -0.25) is 0 Å². The molecule has 0 saturated carbocycles. The molecule has 0 amide bonds. The number of benzene rings is 1. The van der Waals surface area contributed by atoms with Crippen LogP contribution in [0.1, 0.15) is 0 Å². The number of hydrogen-bond acceptors (Lipinski definition) is 4. The summed E-state index contributed by atoms with van der Waals surface area (Å²) in [6.45, 7) is 0. The Morgan fingerprint density at radius 2 is 1.43 bits per heavy atom. The second-order valence-electron chi connectivity index (χ2n) is 4.33. The summed E-state index contributed by atoms with van der Waals surface area (Å²) in [6, 6.07) is 15.3. The third-order valence-electron chi connectivity index (χ3n) is 2.90. The number of rotatable bonds is 0. The van der Waals surface area contributed by atoms with Crippen molar-refractivity contribution in [1.29, 1.82) is 0 Å². The lowest BCUT2D eigenvalue weighted by Gasteiger charge is -1.92. The molecule has 1 N–H and O–H groups in total. The van der Waals surface area contributed by atoms with Gasteiger partial charge in [-0.1, -0.05) is 18.2 Å². The predicted octanol–water partition coefficient (Wildman–Crippen LogP) is 2.55. The molecule has 0 aliphatic carbocycles. The van der Waals surface area contributed by atoms with Gasteiger partial charge in [0.05, 0.1) is 5.52 Å². The Labute approximate surface area is 120 Å². The van der Waals surface area contributed by atoms with Crippen LogP contribution in [0.25, 0.3) is 21.9 Å². The maximum Gasteiger partial charge on any atom is 0.345 e. The van der Waals surface area contributed by atoms with E-state index in [0.717, 1.165) is 21.9 Å². The van der Waals surface area contributed by atoms with Crippen LogP contribution in [0.3, 0.4) is 0 Å². The van der Waals surface area contributed by atoms with Crippen LogP contribution >= 0.6 is 0 Å². The summed E-state index contributed by atoms with van der Waals surface area (Å²) in [5, 5.41) is 2.04. The third-order valence-corrected chi connectivity index (χ3v) is 2.90. The largest absolute Gasteiger partial charge is 0.345 e. The van der Waals surface area contributed by atoms with Crippen LogP contribution in [0.2, 0.25) is 0 Å². The van der Waals surface area contributed by atoms with Crippen LogP contribution in [0.15, 0.2) is 71.9 Å². The van der Waals surface area contributed by atoms with Gasteiger partial charge in [0.1, 0.15) is 0 Å². The van der Waals surface area contributed by atoms with Crippen molar-refractivity contribution in [2.45, 2.75) is 0 Å². The highest BCUT2D eigenvalue weighted by Gasteiger charge is 1.90. The van der Waals surface area contributed by atoms with E-state index in [9.17, 15) is 4.79 Å². The van der Waals surface area contributed by atoms with Crippen molar-refractivity contribution in [3.63, 3.8) is 0 Å². The highest BCUT2D eigenvalue weighted by molar-refractivity contribution is 5.76. The summed E-state index contributed by atoms with van der Waals surface area (Å²) < 4.78 is 0. The molecule has 3 aromatic heterocycles. The molecule has 0 saturated heterocycles. The Kier molecular flexibility index (Phi) is 3.64. The van der Waals surface area contributed by atoms with Crippen LogP contribution in [0.4, 0.5) is 0 Å². The van der Waals surface area contributed by atoms with Crippen LogP contribution in [0, 0.1) is 0 Å². The van der Waals surface area contributed by atoms with Gasteiger partial charge in [0.15, 0.2) is 5.65 Å². The second-order valence-corrected chi connectivity index (χ2v) is 4.33. The predicted molar refractivity (Wildman–Crippen MR) is 81.9 cm³/mol. The van der Waals surface area contributed by atoms with E-state index < -0.39 is 0 Å². The fourth-order valence-corrected chi connectivity index (χ4v) is 1.91. The molecule has 0 aliphatic rings. The number of nitrogens with zero attached hydrogens (tertiary/aromatic N) is 3. The smallest absolute Gasteiger partial charge is 0.305 e. The van der Waals surface area contributed by atoms with Crippen molar-refractivity contribution < 1.29 is 0 Å². The Morgan fingerprint density at radius 3 is 2.14 bits per heavy atom. The first-order valence-electron chi connectivity index (χ1n) is 6.43. The first-order chi connectivity index (χ1) is 10.3. The van der Waals surface area contributed by atoms with Crippen molar-refractivity contribution >= 4 is 21.9 Å². The molecular formula is C16H12N4O. The maximum atomic E-state index is 10.7. The van der Waals surface area contributed by atoms with E-state index in [1.807, 2.05) is 48.5 Å². The molecule has 0 radical (unpaired) electrons. The normalized spacial score (nSPS) is 10.1. The van der Waals surface area contributed by atoms with E-state index in [1.165, 1.54) is 0 Å². The lowest BCUT2D eigenvalue weighted by molar-refractivity contribution is 1.12. The molecule has 5 heteroatoms. The molecule has 0 aliphatic heterocycles. The minimum Gasteiger partial charge on any atom is -0.305 e. The van der Waals surface area contributed by atoms with Gasteiger partial charge >= 0.3 is 5.69 Å². The molecule has 21 heavy (non-hydrogen) atoms. The molecule has 0 atom stereocenters. The van der Waals surface area contributed by atoms with Crippen molar-refractivity contribution in [1.82, 2.24) is 19.9 Å². The van der Waals surface area contributed by atoms with Crippen molar-refractivity contribution in [2.75, 3.05) is 0 Å². The van der Waals surface area contributed by atoms with Crippen LogP contribution < -0.4 is 5.69 Å². The summed E-state index contributed by atoms with van der Waals surface area (Å²) in [6.07, 6.45) is 5.05. The zero-order valence-electron chi connectivity index (χ0n) is 11.1. The summed E-state index contributed by atoms with van der Waals surface area (Å²) >= 11 is 0. The summed E-state index contributed by atoms with van der Waals surface area (Å²) in [7, 11) is 0. The molecule has 0 unspecified atom stereocenters. The van der Waals surface area contributed by atoms with Crippen molar-refractivity contribution in [2.24, 2.45) is 0 Å². The Morgan fingerprint density at radius 1 is 0.762 bits per heavy atom. The Hall–Kier alpha value is -3.08. The lowest BCUT2D eigenvalue weighted by Crippen LogP contribution is -2.07. The number of pyridine rings is 2. The van der Waals surface area contributed by atoms with Gasteiger partial charge in [0.25, 0.3) is 0 Å². The molecule has 3 heterocycles. The molecule has 5 nitrogen and oxygen atoms in total. The topological polar surface area (TPSA) is 71.5 Å². The number of aromatic amines is 1. The quantitative estimate of drug-likeness (QED) is 0.536. The Bertz CT molecular complexity index is 868. The van der Waals surface area contributed by atoms with E-state index in [1.54, 1.807) is 18.6 Å². The fraction of sp³-hybridized carbons (Fsp3) is 0. The molecule has 4 aromatic rings. The molecule has 0 bridgehead atoms. The lowest BCUT2D eigenvalue weighted by atomic mass is 10.2. The molecule has 0 spiro atoms.